The molecule has 2 aliphatic rings. The summed E-state index contributed by atoms with van der Waals surface area (Å²) in [6, 6.07) is 0. The molecule has 0 aromatic heterocycles. The fourth-order valence-electron chi connectivity index (χ4n) is 4.96. The van der Waals surface area contributed by atoms with Crippen molar-refractivity contribution in [3.63, 3.8) is 0 Å². The molecule has 0 bridgehead atoms. The molecule has 2 atom stereocenters. The number of carbonyl (C=O) groups is 1. The van der Waals surface area contributed by atoms with Crippen LogP contribution in [-0.4, -0.2) is 26.4 Å². The van der Waals surface area contributed by atoms with Crippen LogP contribution >= 0.6 is 0 Å². The van der Waals surface area contributed by atoms with Crippen LogP contribution in [0.1, 0.15) is 69.6 Å². The van der Waals surface area contributed by atoms with Gasteiger partial charge in [-0.15, -0.1) is 0 Å². The monoisotopic (exact) mass is 346 g/mol. The molecule has 1 aromatic carbocycles. The second kappa shape index (κ2) is 5.41. The van der Waals surface area contributed by atoms with Crippen molar-refractivity contribution in [2.75, 3.05) is 0 Å². The number of fused-ring (bicyclic) bond motifs is 3. The number of benzene rings is 1. The molecule has 136 valence electrons. The van der Waals surface area contributed by atoms with Gasteiger partial charge < -0.3 is 20.4 Å². The molecule has 25 heavy (non-hydrogen) atoms. The van der Waals surface area contributed by atoms with Crippen LogP contribution in [0.25, 0.3) is 6.08 Å². The minimum atomic E-state index is -1.35. The van der Waals surface area contributed by atoms with Crippen LogP contribution in [0, 0.1) is 11.3 Å². The zero-order chi connectivity index (χ0) is 18.7. The maximum Gasteiger partial charge on any atom is 0.314 e. The molecule has 0 spiro atoms. The van der Waals surface area contributed by atoms with Crippen LogP contribution in [0.3, 0.4) is 0 Å². The first-order valence-electron chi connectivity index (χ1n) is 8.78. The molecule has 2 unspecified atom stereocenters. The molecule has 0 amide bonds. The van der Waals surface area contributed by atoms with Gasteiger partial charge in [-0.2, -0.15) is 0 Å². The van der Waals surface area contributed by atoms with E-state index < -0.39 is 22.9 Å². The Hall–Kier alpha value is -2.17. The number of hydrogen-bond donors (Lipinski definition) is 4. The minimum absolute atomic E-state index is 0.140. The molecule has 0 radical (unpaired) electrons. The fourth-order valence-corrected chi connectivity index (χ4v) is 4.96. The molecule has 0 aliphatic heterocycles. The zero-order valence-corrected chi connectivity index (χ0v) is 15.1. The number of aromatic hydroxyl groups is 3. The Balaban J connectivity index is 2.41. The van der Waals surface area contributed by atoms with Crippen molar-refractivity contribution in [1.82, 2.24) is 0 Å². The number of rotatable bonds is 2. The molecule has 3 rings (SSSR count). The first-order chi connectivity index (χ1) is 11.6. The van der Waals surface area contributed by atoms with Gasteiger partial charge in [0.2, 0.25) is 0 Å². The molecule has 1 aromatic rings. The summed E-state index contributed by atoms with van der Waals surface area (Å²) in [5.74, 6) is -2.53. The summed E-state index contributed by atoms with van der Waals surface area (Å²) in [6.07, 6.45) is 5.51. The molecule has 2 aliphatic carbocycles. The number of carboxylic acid groups (broad SMARTS) is 1. The molecule has 5 heteroatoms. The summed E-state index contributed by atoms with van der Waals surface area (Å²) in [7, 11) is 0. The third-order valence-corrected chi connectivity index (χ3v) is 6.12. The molecular formula is C20H26O5. The third-order valence-electron chi connectivity index (χ3n) is 6.12. The summed E-state index contributed by atoms with van der Waals surface area (Å²) in [4.78, 5) is 12.4. The van der Waals surface area contributed by atoms with Gasteiger partial charge in [-0.05, 0) is 24.2 Å². The van der Waals surface area contributed by atoms with E-state index in [1.54, 1.807) is 19.9 Å². The maximum atomic E-state index is 12.4. The fraction of sp³-hybridized carbons (Fsp3) is 0.550. The van der Waals surface area contributed by atoms with Gasteiger partial charge in [0.1, 0.15) is 11.2 Å². The Morgan fingerprint density at radius 2 is 1.76 bits per heavy atom. The van der Waals surface area contributed by atoms with Gasteiger partial charge >= 0.3 is 5.97 Å². The molecule has 5 nitrogen and oxygen atoms in total. The van der Waals surface area contributed by atoms with E-state index in [-0.39, 0.29) is 34.1 Å². The Kier molecular flexibility index (Phi) is 3.82. The van der Waals surface area contributed by atoms with Crippen molar-refractivity contribution in [2.24, 2.45) is 11.3 Å². The summed E-state index contributed by atoms with van der Waals surface area (Å²) in [5, 5.41) is 42.1. The number of phenolic OH excluding ortho intramolecular Hbond substituents is 3. The Labute approximate surface area is 147 Å². The average molecular weight is 346 g/mol. The standard InChI is InChI=1S/C20H26O5/c1-10(2)13-15(21)11-6-7-12-19(3,4)8-5-9-20(12,18(24)25)14(11)17(23)16(13)22/h6-7,10,12,21-23H,5,8-9H2,1-4H3,(H,24,25). The van der Waals surface area contributed by atoms with Crippen LogP contribution in [-0.2, 0) is 10.2 Å². The van der Waals surface area contributed by atoms with Crippen LogP contribution in [0.15, 0.2) is 6.08 Å². The molecule has 0 saturated heterocycles. The van der Waals surface area contributed by atoms with Crippen LogP contribution in [0.5, 0.6) is 17.2 Å². The summed E-state index contributed by atoms with van der Waals surface area (Å²) < 4.78 is 0. The first-order valence-corrected chi connectivity index (χ1v) is 8.78. The van der Waals surface area contributed by atoms with Crippen LogP contribution in [0.2, 0.25) is 0 Å². The highest BCUT2D eigenvalue weighted by Gasteiger charge is 2.58. The van der Waals surface area contributed by atoms with Gasteiger partial charge in [0.15, 0.2) is 11.5 Å². The highest BCUT2D eigenvalue weighted by atomic mass is 16.4. The van der Waals surface area contributed by atoms with E-state index >= 15 is 0 Å². The Morgan fingerprint density at radius 1 is 1.12 bits per heavy atom. The summed E-state index contributed by atoms with van der Waals surface area (Å²) in [6.45, 7) is 7.66. The molecular weight excluding hydrogens is 320 g/mol. The lowest BCUT2D eigenvalue weighted by Crippen LogP contribution is -2.52. The van der Waals surface area contributed by atoms with Gasteiger partial charge in [0, 0.05) is 22.6 Å². The first kappa shape index (κ1) is 17.6. The predicted molar refractivity (Wildman–Crippen MR) is 95.0 cm³/mol. The third kappa shape index (κ3) is 2.17. The number of aliphatic carboxylic acids is 1. The summed E-state index contributed by atoms with van der Waals surface area (Å²) >= 11 is 0. The van der Waals surface area contributed by atoms with Crippen LogP contribution < -0.4 is 0 Å². The predicted octanol–water partition coefficient (Wildman–Crippen LogP) is 4.10. The zero-order valence-electron chi connectivity index (χ0n) is 15.1. The normalized spacial score (nSPS) is 27.0. The van der Waals surface area contributed by atoms with Crippen molar-refractivity contribution in [3.8, 4) is 17.2 Å². The molecule has 4 N–H and O–H groups in total. The number of phenols is 3. The average Bonchev–Trinajstić information content (AvgIpc) is 2.51. The molecule has 1 fully saturated rings. The van der Waals surface area contributed by atoms with Gasteiger partial charge in [-0.25, -0.2) is 0 Å². The Bertz CT molecular complexity index is 775. The number of hydrogen-bond acceptors (Lipinski definition) is 4. The second-order valence-corrected chi connectivity index (χ2v) is 8.36. The van der Waals surface area contributed by atoms with Crippen molar-refractivity contribution in [2.45, 2.75) is 58.3 Å². The van der Waals surface area contributed by atoms with E-state index in [2.05, 4.69) is 0 Å². The smallest absolute Gasteiger partial charge is 0.314 e. The van der Waals surface area contributed by atoms with Crippen LogP contribution in [0.4, 0.5) is 0 Å². The maximum absolute atomic E-state index is 12.4. The quantitative estimate of drug-likeness (QED) is 0.477. The Morgan fingerprint density at radius 3 is 2.32 bits per heavy atom. The largest absolute Gasteiger partial charge is 0.507 e. The lowest BCUT2D eigenvalue weighted by molar-refractivity contribution is -0.150. The SMILES string of the molecule is CC(C)c1c(O)c(O)c2c(c1O)C=CC1C(C)(C)CCCC21C(=O)O. The van der Waals surface area contributed by atoms with Crippen molar-refractivity contribution in [1.29, 1.82) is 0 Å². The van der Waals surface area contributed by atoms with E-state index in [0.717, 1.165) is 6.42 Å². The van der Waals surface area contributed by atoms with Gasteiger partial charge in [-0.1, -0.05) is 46.3 Å². The molecule has 0 heterocycles. The van der Waals surface area contributed by atoms with Gasteiger partial charge in [-0.3, -0.25) is 4.79 Å². The minimum Gasteiger partial charge on any atom is -0.507 e. The van der Waals surface area contributed by atoms with Crippen molar-refractivity contribution >= 4 is 12.0 Å². The van der Waals surface area contributed by atoms with E-state index in [4.69, 9.17) is 0 Å². The van der Waals surface area contributed by atoms with Crippen molar-refractivity contribution < 1.29 is 25.2 Å². The molecule has 1 saturated carbocycles. The van der Waals surface area contributed by atoms with E-state index in [9.17, 15) is 25.2 Å². The topological polar surface area (TPSA) is 98.0 Å². The van der Waals surface area contributed by atoms with Crippen molar-refractivity contribution in [3.05, 3.63) is 22.8 Å². The lowest BCUT2D eigenvalue weighted by Gasteiger charge is -2.51. The summed E-state index contributed by atoms with van der Waals surface area (Å²) in [5.41, 5.74) is -0.899. The second-order valence-electron chi connectivity index (χ2n) is 8.36. The van der Waals surface area contributed by atoms with Gasteiger partial charge in [0.05, 0.1) is 0 Å². The van der Waals surface area contributed by atoms with Gasteiger partial charge in [0.25, 0.3) is 0 Å². The highest BCUT2D eigenvalue weighted by Crippen LogP contribution is 2.61. The van der Waals surface area contributed by atoms with E-state index in [1.165, 1.54) is 0 Å². The lowest BCUT2D eigenvalue weighted by atomic mass is 9.51. The number of allylic oxidation sites excluding steroid dienone is 1. The number of carboxylic acids is 1. The van der Waals surface area contributed by atoms with E-state index in [0.29, 0.717) is 18.4 Å². The highest BCUT2D eigenvalue weighted by molar-refractivity contribution is 5.90. The van der Waals surface area contributed by atoms with E-state index in [1.807, 2.05) is 19.9 Å².